The summed E-state index contributed by atoms with van der Waals surface area (Å²) in [4.78, 5) is 19.1. The average molecular weight is 368 g/mol. The van der Waals surface area contributed by atoms with Gasteiger partial charge in [-0.2, -0.15) is 4.98 Å². The highest BCUT2D eigenvalue weighted by molar-refractivity contribution is 5.77. The number of halogens is 1. The molecule has 1 amide bonds. The maximum atomic E-state index is 13.1. The molecule has 1 saturated heterocycles. The normalized spacial score (nSPS) is 17.3. The van der Waals surface area contributed by atoms with Gasteiger partial charge in [-0.3, -0.25) is 4.79 Å². The highest BCUT2D eigenvalue weighted by Gasteiger charge is 2.24. The number of carbonyl (C=O) groups excluding carboxylic acids is 1. The number of carbonyl (C=O) groups is 1. The molecule has 140 valence electrons. The summed E-state index contributed by atoms with van der Waals surface area (Å²) in [6.07, 6.45) is 5.12. The zero-order chi connectivity index (χ0) is 18.8. The lowest BCUT2D eigenvalue weighted by atomic mass is 10.0. The first-order chi connectivity index (χ1) is 13.1. The average Bonchev–Trinajstić information content (AvgIpc) is 3.32. The van der Waals surface area contributed by atoms with Crippen molar-refractivity contribution in [1.29, 1.82) is 0 Å². The highest BCUT2D eigenvalue weighted by Crippen LogP contribution is 2.24. The van der Waals surface area contributed by atoms with Crippen LogP contribution in [-0.4, -0.2) is 38.1 Å². The van der Waals surface area contributed by atoms with Gasteiger partial charge in [0.2, 0.25) is 11.7 Å². The van der Waals surface area contributed by atoms with Crippen LogP contribution in [0.2, 0.25) is 0 Å². The zero-order valence-corrected chi connectivity index (χ0v) is 15.1. The van der Waals surface area contributed by atoms with E-state index >= 15 is 0 Å². The van der Waals surface area contributed by atoms with Crippen LogP contribution >= 0.6 is 0 Å². The fourth-order valence-electron chi connectivity index (χ4n) is 3.50. The Bertz CT molecular complexity index is 932. The molecule has 1 atom stereocenters. The number of amides is 1. The van der Waals surface area contributed by atoms with Crippen molar-refractivity contribution in [1.82, 2.24) is 19.6 Å². The second kappa shape index (κ2) is 7.34. The van der Waals surface area contributed by atoms with Crippen LogP contribution in [0.4, 0.5) is 4.39 Å². The quantitative estimate of drug-likeness (QED) is 0.704. The van der Waals surface area contributed by atoms with Gasteiger partial charge in [0.25, 0.3) is 5.89 Å². The largest absolute Gasteiger partial charge is 0.338 e. The van der Waals surface area contributed by atoms with Gasteiger partial charge in [0, 0.05) is 24.3 Å². The van der Waals surface area contributed by atoms with Crippen LogP contribution in [0.25, 0.3) is 23.0 Å². The van der Waals surface area contributed by atoms with Gasteiger partial charge in [-0.1, -0.05) is 5.16 Å². The standard InChI is InChI=1S/C20H21FN4O2/c1-14-5-2-3-12-25(14)18(26)13-24-11-4-6-17(24)20-22-19(23-27-20)15-7-9-16(21)10-8-15/h4,6-11,14H,2-3,5,12-13H2,1H3. The Hall–Kier alpha value is -2.96. The molecular weight excluding hydrogens is 347 g/mol. The summed E-state index contributed by atoms with van der Waals surface area (Å²) >= 11 is 0. The van der Waals surface area contributed by atoms with E-state index < -0.39 is 0 Å². The van der Waals surface area contributed by atoms with Crippen molar-refractivity contribution in [2.45, 2.75) is 38.8 Å². The van der Waals surface area contributed by atoms with E-state index in [4.69, 9.17) is 4.52 Å². The Morgan fingerprint density at radius 1 is 1.26 bits per heavy atom. The summed E-state index contributed by atoms with van der Waals surface area (Å²) in [7, 11) is 0. The SMILES string of the molecule is CC1CCCCN1C(=O)Cn1cccc1-c1nc(-c2ccc(F)cc2)no1. The fourth-order valence-corrected chi connectivity index (χ4v) is 3.50. The molecule has 1 unspecified atom stereocenters. The van der Waals surface area contributed by atoms with Crippen LogP contribution in [-0.2, 0) is 11.3 Å². The Balaban J connectivity index is 1.54. The van der Waals surface area contributed by atoms with E-state index in [2.05, 4.69) is 17.1 Å². The molecule has 3 aromatic rings. The summed E-state index contributed by atoms with van der Waals surface area (Å²) in [6.45, 7) is 3.15. The minimum atomic E-state index is -0.318. The molecule has 2 aromatic heterocycles. The summed E-state index contributed by atoms with van der Waals surface area (Å²) in [5, 5.41) is 3.98. The van der Waals surface area contributed by atoms with Crippen molar-refractivity contribution < 1.29 is 13.7 Å². The molecule has 1 aliphatic rings. The molecule has 3 heterocycles. The van der Waals surface area contributed by atoms with Gasteiger partial charge in [-0.25, -0.2) is 4.39 Å². The second-order valence-electron chi connectivity index (χ2n) is 6.88. The van der Waals surface area contributed by atoms with Crippen molar-refractivity contribution >= 4 is 5.91 Å². The number of benzene rings is 1. The molecule has 0 N–H and O–H groups in total. The van der Waals surface area contributed by atoms with Crippen LogP contribution in [0.1, 0.15) is 26.2 Å². The van der Waals surface area contributed by atoms with Crippen LogP contribution in [0.15, 0.2) is 47.1 Å². The number of piperidine rings is 1. The van der Waals surface area contributed by atoms with Gasteiger partial charge in [0.05, 0.1) is 0 Å². The summed E-state index contributed by atoms with van der Waals surface area (Å²) in [5.74, 6) is 0.493. The molecule has 0 radical (unpaired) electrons. The van der Waals surface area contributed by atoms with Crippen LogP contribution in [0.3, 0.4) is 0 Å². The van der Waals surface area contributed by atoms with Crippen molar-refractivity contribution in [2.24, 2.45) is 0 Å². The smallest absolute Gasteiger partial charge is 0.274 e. The molecule has 0 spiro atoms. The minimum Gasteiger partial charge on any atom is -0.338 e. The summed E-state index contributed by atoms with van der Waals surface area (Å²) < 4.78 is 20.3. The lowest BCUT2D eigenvalue weighted by molar-refractivity contribution is -0.135. The first-order valence-corrected chi connectivity index (χ1v) is 9.16. The van der Waals surface area contributed by atoms with Crippen LogP contribution < -0.4 is 0 Å². The van der Waals surface area contributed by atoms with Gasteiger partial charge >= 0.3 is 0 Å². The number of hydrogen-bond donors (Lipinski definition) is 0. The zero-order valence-electron chi connectivity index (χ0n) is 15.1. The van der Waals surface area contributed by atoms with E-state index in [-0.39, 0.29) is 24.3 Å². The third-order valence-corrected chi connectivity index (χ3v) is 5.01. The first-order valence-electron chi connectivity index (χ1n) is 9.16. The van der Waals surface area contributed by atoms with Crippen molar-refractivity contribution in [2.75, 3.05) is 6.54 Å². The Morgan fingerprint density at radius 3 is 2.85 bits per heavy atom. The van der Waals surface area contributed by atoms with Gasteiger partial charge in [-0.05, 0) is 62.6 Å². The van der Waals surface area contributed by atoms with Gasteiger partial charge in [0.1, 0.15) is 18.1 Å². The Morgan fingerprint density at radius 2 is 2.07 bits per heavy atom. The highest BCUT2D eigenvalue weighted by atomic mass is 19.1. The molecular formula is C20H21FN4O2. The van der Waals surface area contributed by atoms with Crippen molar-refractivity contribution in [3.63, 3.8) is 0 Å². The molecule has 0 aliphatic carbocycles. The van der Waals surface area contributed by atoms with E-state index in [1.54, 1.807) is 12.1 Å². The minimum absolute atomic E-state index is 0.0953. The van der Waals surface area contributed by atoms with Crippen molar-refractivity contribution in [3.8, 4) is 23.0 Å². The third kappa shape index (κ3) is 3.63. The van der Waals surface area contributed by atoms with E-state index in [9.17, 15) is 9.18 Å². The Labute approximate surface area is 156 Å². The number of nitrogens with zero attached hydrogens (tertiary/aromatic N) is 4. The maximum Gasteiger partial charge on any atom is 0.274 e. The molecule has 1 fully saturated rings. The molecule has 7 heteroatoms. The molecule has 1 aliphatic heterocycles. The van der Waals surface area contributed by atoms with E-state index in [0.29, 0.717) is 23.0 Å². The van der Waals surface area contributed by atoms with Gasteiger partial charge in [-0.15, -0.1) is 0 Å². The number of likely N-dealkylation sites (tertiary alicyclic amines) is 1. The number of rotatable bonds is 4. The second-order valence-corrected chi connectivity index (χ2v) is 6.88. The topological polar surface area (TPSA) is 64.2 Å². The molecule has 0 bridgehead atoms. The lowest BCUT2D eigenvalue weighted by Crippen LogP contribution is -2.43. The predicted octanol–water partition coefficient (Wildman–Crippen LogP) is 3.75. The number of aromatic nitrogens is 3. The molecule has 0 saturated carbocycles. The van der Waals surface area contributed by atoms with E-state index in [1.165, 1.54) is 18.6 Å². The monoisotopic (exact) mass is 368 g/mol. The Kier molecular flexibility index (Phi) is 4.75. The van der Waals surface area contributed by atoms with Crippen LogP contribution in [0.5, 0.6) is 0 Å². The van der Waals surface area contributed by atoms with E-state index in [0.717, 1.165) is 19.4 Å². The maximum absolute atomic E-state index is 13.1. The number of hydrogen-bond acceptors (Lipinski definition) is 4. The fraction of sp³-hybridized carbons (Fsp3) is 0.350. The van der Waals surface area contributed by atoms with Crippen LogP contribution in [0, 0.1) is 5.82 Å². The molecule has 1 aromatic carbocycles. The van der Waals surface area contributed by atoms with Crippen molar-refractivity contribution in [3.05, 3.63) is 48.4 Å². The first kappa shape index (κ1) is 17.5. The third-order valence-electron chi connectivity index (χ3n) is 5.01. The molecule has 27 heavy (non-hydrogen) atoms. The summed E-state index contributed by atoms with van der Waals surface area (Å²) in [6, 6.07) is 9.88. The lowest BCUT2D eigenvalue weighted by Gasteiger charge is -2.33. The van der Waals surface area contributed by atoms with Gasteiger partial charge in [0.15, 0.2) is 0 Å². The summed E-state index contributed by atoms with van der Waals surface area (Å²) in [5.41, 5.74) is 1.36. The molecule has 4 rings (SSSR count). The van der Waals surface area contributed by atoms with E-state index in [1.807, 2.05) is 27.8 Å². The van der Waals surface area contributed by atoms with Gasteiger partial charge < -0.3 is 14.0 Å². The molecule has 6 nitrogen and oxygen atoms in total. The predicted molar refractivity (Wildman–Crippen MR) is 98.1 cm³/mol.